The van der Waals surface area contributed by atoms with Crippen LogP contribution in [0.1, 0.15) is 82.4 Å². The van der Waals surface area contributed by atoms with Gasteiger partial charge in [0.2, 0.25) is 5.91 Å². The van der Waals surface area contributed by atoms with Gasteiger partial charge in [0.05, 0.1) is 12.7 Å². The molecule has 3 heterocycles. The topological polar surface area (TPSA) is 101 Å². The maximum absolute atomic E-state index is 13.0. The molecule has 2 saturated heterocycles. The Labute approximate surface area is 224 Å². The van der Waals surface area contributed by atoms with Crippen LogP contribution >= 0.6 is 0 Å². The Kier molecular flexibility index (Phi) is 9.29. The van der Waals surface area contributed by atoms with E-state index in [2.05, 4.69) is 65.7 Å². The Bertz CT molecular complexity index is 996. The molecule has 37 heavy (non-hydrogen) atoms. The Balaban J connectivity index is 1.99. The van der Waals surface area contributed by atoms with Crippen LogP contribution in [0.25, 0.3) is 0 Å². The van der Waals surface area contributed by atoms with E-state index in [1.165, 1.54) is 4.57 Å². The molecule has 0 radical (unpaired) electrons. The summed E-state index contributed by atoms with van der Waals surface area (Å²) in [4.78, 5) is 29.2. The van der Waals surface area contributed by atoms with Crippen LogP contribution in [0.5, 0.6) is 0 Å². The normalized spacial score (nSPS) is 27.6. The summed E-state index contributed by atoms with van der Waals surface area (Å²) in [6, 6.07) is 1.63. The summed E-state index contributed by atoms with van der Waals surface area (Å²) in [5, 5.41) is 2.69. The molecule has 0 aromatic carbocycles. The number of nitrogens with zero attached hydrogens (tertiary/aromatic N) is 2. The van der Waals surface area contributed by atoms with Crippen LogP contribution in [0.15, 0.2) is 17.1 Å². The van der Waals surface area contributed by atoms with E-state index >= 15 is 0 Å². The second-order valence-corrected chi connectivity index (χ2v) is 21.0. The fraction of sp³-hybridized carbons (Fsp3) is 0.808. The molecule has 0 saturated carbocycles. The molecule has 0 unspecified atom stereocenters. The lowest BCUT2D eigenvalue weighted by Crippen LogP contribution is -2.65. The number of rotatable bonds is 7. The first-order valence-corrected chi connectivity index (χ1v) is 17.7. The van der Waals surface area contributed by atoms with Gasteiger partial charge in [-0.3, -0.25) is 9.36 Å². The summed E-state index contributed by atoms with van der Waals surface area (Å²) in [6.07, 6.45) is 0.469. The number of hydrogen-bond acceptors (Lipinski definition) is 7. The van der Waals surface area contributed by atoms with Crippen molar-refractivity contribution in [3.63, 3.8) is 0 Å². The fourth-order valence-electron chi connectivity index (χ4n) is 5.60. The van der Waals surface area contributed by atoms with Crippen molar-refractivity contribution in [2.45, 2.75) is 117 Å². The molecule has 2 fully saturated rings. The van der Waals surface area contributed by atoms with Crippen molar-refractivity contribution in [3.8, 4) is 0 Å². The number of ether oxygens (including phenoxy) is 1. The summed E-state index contributed by atoms with van der Waals surface area (Å²) in [5.41, 5.74) is 0.422. The van der Waals surface area contributed by atoms with Crippen LogP contribution < -0.4 is 11.0 Å². The first kappa shape index (κ1) is 30.2. The van der Waals surface area contributed by atoms with Crippen LogP contribution in [-0.4, -0.2) is 51.4 Å². The molecule has 210 valence electrons. The summed E-state index contributed by atoms with van der Waals surface area (Å²) in [6.45, 7) is 23.5. The molecule has 4 atom stereocenters. The van der Waals surface area contributed by atoms with Crippen LogP contribution in [-0.2, 0) is 22.5 Å². The van der Waals surface area contributed by atoms with Gasteiger partial charge in [0.1, 0.15) is 18.1 Å². The SMILES string of the molecule is CC(C)C(=O)Nc1ccn([C@@H]2O[C@@H]3CO[Si](C(C)C)(C(C)C)O[Si](C(C)C)(C(C)C)O[C@H]3[C@@H]2C)c(=O)n1. The third-order valence-corrected chi connectivity index (χ3v) is 18.1. The van der Waals surface area contributed by atoms with Crippen molar-refractivity contribution >= 4 is 28.8 Å². The lowest BCUT2D eigenvalue weighted by molar-refractivity contribution is -0.118. The van der Waals surface area contributed by atoms with E-state index in [9.17, 15) is 9.59 Å². The molecule has 9 nitrogen and oxygen atoms in total. The minimum absolute atomic E-state index is 0.135. The van der Waals surface area contributed by atoms with E-state index in [0.717, 1.165) is 0 Å². The highest BCUT2D eigenvalue weighted by atomic mass is 28.5. The summed E-state index contributed by atoms with van der Waals surface area (Å²) >= 11 is 0. The Morgan fingerprint density at radius 2 is 1.57 bits per heavy atom. The van der Waals surface area contributed by atoms with Crippen molar-refractivity contribution in [2.75, 3.05) is 11.9 Å². The van der Waals surface area contributed by atoms with E-state index in [4.69, 9.17) is 17.7 Å². The molecule has 1 aromatic heterocycles. The van der Waals surface area contributed by atoms with Crippen LogP contribution in [0, 0.1) is 11.8 Å². The third-order valence-electron chi connectivity index (χ3n) is 7.86. The van der Waals surface area contributed by atoms with E-state index in [0.29, 0.717) is 6.61 Å². The van der Waals surface area contributed by atoms with E-state index in [1.807, 2.05) is 6.92 Å². The van der Waals surface area contributed by atoms with Crippen LogP contribution in [0.2, 0.25) is 22.2 Å². The maximum Gasteiger partial charge on any atom is 0.351 e. The van der Waals surface area contributed by atoms with Crippen molar-refractivity contribution in [1.29, 1.82) is 0 Å². The van der Waals surface area contributed by atoms with Crippen molar-refractivity contribution in [3.05, 3.63) is 22.7 Å². The zero-order chi connectivity index (χ0) is 27.9. The lowest BCUT2D eigenvalue weighted by Gasteiger charge is -2.51. The number of aromatic nitrogens is 2. The van der Waals surface area contributed by atoms with Crippen LogP contribution in [0.3, 0.4) is 0 Å². The predicted molar refractivity (Wildman–Crippen MR) is 149 cm³/mol. The van der Waals surface area contributed by atoms with Gasteiger partial charge in [-0.25, -0.2) is 4.79 Å². The Hall–Kier alpha value is -1.38. The lowest BCUT2D eigenvalue weighted by atomic mass is 10.0. The first-order valence-electron chi connectivity index (χ1n) is 13.7. The zero-order valence-corrected chi connectivity index (χ0v) is 26.4. The Morgan fingerprint density at radius 1 is 1.00 bits per heavy atom. The summed E-state index contributed by atoms with van der Waals surface area (Å²) in [7, 11) is -5.46. The van der Waals surface area contributed by atoms with Gasteiger partial charge in [-0.05, 0) is 28.2 Å². The van der Waals surface area contributed by atoms with Gasteiger partial charge in [0, 0.05) is 18.0 Å². The van der Waals surface area contributed by atoms with Gasteiger partial charge in [0.25, 0.3) is 0 Å². The molecule has 2 aliphatic heterocycles. The quantitative estimate of drug-likeness (QED) is 0.456. The molecule has 1 amide bonds. The largest absolute Gasteiger partial charge is 0.414 e. The maximum atomic E-state index is 13.0. The minimum Gasteiger partial charge on any atom is -0.414 e. The molecular formula is C26H47N3O6Si2. The standard InChI is InChI=1S/C26H47N3O6Si2/c1-15(2)24(30)27-22-12-13-29(26(31)28-22)25-20(11)23-21(33-25)14-32-36(16(3)4,17(5)6)35-37(34-23,18(7)8)19(9)10/h12-13,15-21,23,25H,14H2,1-11H3,(H,27,28,30,31)/t20-,21+,23-,25+/m0/s1. The van der Waals surface area contributed by atoms with Crippen molar-refractivity contribution in [1.82, 2.24) is 9.55 Å². The average Bonchev–Trinajstić information content (AvgIpc) is 3.07. The predicted octanol–water partition coefficient (Wildman–Crippen LogP) is 5.33. The van der Waals surface area contributed by atoms with Gasteiger partial charge in [0.15, 0.2) is 0 Å². The van der Waals surface area contributed by atoms with Crippen LogP contribution in [0.4, 0.5) is 5.82 Å². The highest BCUT2D eigenvalue weighted by Gasteiger charge is 2.61. The number of carbonyl (C=O) groups excluding carboxylic acids is 1. The van der Waals surface area contributed by atoms with Gasteiger partial charge in [-0.15, -0.1) is 0 Å². The summed E-state index contributed by atoms with van der Waals surface area (Å²) in [5.74, 6) is -0.299. The van der Waals surface area contributed by atoms with Gasteiger partial charge in [-0.1, -0.05) is 76.2 Å². The number of hydrogen-bond donors (Lipinski definition) is 1. The van der Waals surface area contributed by atoms with E-state index < -0.39 is 29.0 Å². The second-order valence-electron chi connectivity index (χ2n) is 12.1. The molecule has 0 bridgehead atoms. The van der Waals surface area contributed by atoms with Gasteiger partial charge >= 0.3 is 22.8 Å². The third kappa shape index (κ3) is 5.67. The first-order chi connectivity index (χ1) is 17.2. The Morgan fingerprint density at radius 3 is 2.05 bits per heavy atom. The van der Waals surface area contributed by atoms with Crippen molar-refractivity contribution in [2.24, 2.45) is 11.8 Å². The highest BCUT2D eigenvalue weighted by molar-refractivity contribution is 6.83. The summed E-state index contributed by atoms with van der Waals surface area (Å²) < 4.78 is 29.2. The molecule has 3 rings (SSSR count). The number of carbonyl (C=O) groups is 1. The number of amides is 1. The van der Waals surface area contributed by atoms with E-state index in [-0.39, 0.29) is 57.9 Å². The molecular weight excluding hydrogens is 506 g/mol. The van der Waals surface area contributed by atoms with Gasteiger partial charge < -0.3 is 23.0 Å². The molecule has 1 aromatic rings. The molecule has 2 aliphatic rings. The minimum atomic E-state index is -2.78. The molecule has 1 N–H and O–H groups in total. The number of fused-ring (bicyclic) bond motifs is 1. The highest BCUT2D eigenvalue weighted by Crippen LogP contribution is 2.49. The van der Waals surface area contributed by atoms with Gasteiger partial charge in [-0.2, -0.15) is 4.98 Å². The molecule has 0 spiro atoms. The number of anilines is 1. The smallest absolute Gasteiger partial charge is 0.351 e. The number of nitrogens with one attached hydrogen (secondary N) is 1. The fourth-order valence-corrected chi connectivity index (χ4v) is 16.9. The monoisotopic (exact) mass is 553 g/mol. The van der Waals surface area contributed by atoms with E-state index in [1.54, 1.807) is 26.1 Å². The molecule has 11 heteroatoms. The molecule has 0 aliphatic carbocycles. The second kappa shape index (κ2) is 11.4. The average molecular weight is 554 g/mol. The zero-order valence-electron chi connectivity index (χ0n) is 24.4. The van der Waals surface area contributed by atoms with Crippen molar-refractivity contribution < 1.29 is 22.5 Å².